The second-order valence-corrected chi connectivity index (χ2v) is 5.78. The Morgan fingerprint density at radius 3 is 2.60 bits per heavy atom. The number of hydrogen-bond donors (Lipinski definition) is 1. The summed E-state index contributed by atoms with van der Waals surface area (Å²) in [5.74, 6) is 0. The van der Waals surface area contributed by atoms with Crippen LogP contribution in [0.3, 0.4) is 0 Å². The van der Waals surface area contributed by atoms with Gasteiger partial charge in [-0.15, -0.1) is 0 Å². The normalized spacial score (nSPS) is 17.4. The molecule has 1 aliphatic carbocycles. The molecule has 0 heterocycles. The first-order valence-corrected chi connectivity index (χ1v) is 6.65. The molecule has 2 rings (SSSR count). The SMILES string of the molecule is Cc1cccc(S(=O)(=O)NC2CCC2)c1. The van der Waals surface area contributed by atoms with Crippen molar-refractivity contribution in [3.05, 3.63) is 29.8 Å². The van der Waals surface area contributed by atoms with Crippen molar-refractivity contribution >= 4 is 10.0 Å². The van der Waals surface area contributed by atoms with Crippen molar-refractivity contribution < 1.29 is 8.42 Å². The Morgan fingerprint density at radius 1 is 1.33 bits per heavy atom. The van der Waals surface area contributed by atoms with E-state index in [2.05, 4.69) is 4.72 Å². The molecule has 0 amide bonds. The maximum absolute atomic E-state index is 11.9. The smallest absolute Gasteiger partial charge is 0.208 e. The summed E-state index contributed by atoms with van der Waals surface area (Å²) < 4.78 is 26.5. The molecule has 0 aromatic heterocycles. The van der Waals surface area contributed by atoms with Gasteiger partial charge in [0.2, 0.25) is 10.0 Å². The average molecular weight is 225 g/mol. The van der Waals surface area contributed by atoms with Gasteiger partial charge in [0.1, 0.15) is 0 Å². The van der Waals surface area contributed by atoms with E-state index in [1.165, 1.54) is 0 Å². The number of hydrogen-bond acceptors (Lipinski definition) is 2. The van der Waals surface area contributed by atoms with E-state index in [0.717, 1.165) is 24.8 Å². The Morgan fingerprint density at radius 2 is 2.07 bits per heavy atom. The number of sulfonamides is 1. The fourth-order valence-electron chi connectivity index (χ4n) is 1.60. The standard InChI is InChI=1S/C11H15NO2S/c1-9-4-2-7-11(8-9)15(13,14)12-10-5-3-6-10/h2,4,7-8,10,12H,3,5-6H2,1H3. The lowest BCUT2D eigenvalue weighted by molar-refractivity contribution is 0.383. The van der Waals surface area contributed by atoms with Crippen LogP contribution in [0.15, 0.2) is 29.2 Å². The molecule has 1 aliphatic rings. The molecule has 0 aliphatic heterocycles. The van der Waals surface area contributed by atoms with Crippen LogP contribution in [-0.2, 0) is 10.0 Å². The Hall–Kier alpha value is -0.870. The van der Waals surface area contributed by atoms with Gasteiger partial charge in [-0.25, -0.2) is 13.1 Å². The number of benzene rings is 1. The van der Waals surface area contributed by atoms with Crippen molar-refractivity contribution in [1.82, 2.24) is 4.72 Å². The summed E-state index contributed by atoms with van der Waals surface area (Å²) in [6.45, 7) is 1.89. The van der Waals surface area contributed by atoms with E-state index in [4.69, 9.17) is 0 Å². The van der Waals surface area contributed by atoms with E-state index >= 15 is 0 Å². The number of nitrogens with one attached hydrogen (secondary N) is 1. The van der Waals surface area contributed by atoms with Gasteiger partial charge in [0, 0.05) is 6.04 Å². The van der Waals surface area contributed by atoms with Gasteiger partial charge >= 0.3 is 0 Å². The third kappa shape index (κ3) is 2.38. The zero-order valence-corrected chi connectivity index (χ0v) is 9.55. The summed E-state index contributed by atoms with van der Waals surface area (Å²) in [7, 11) is -3.29. The minimum Gasteiger partial charge on any atom is -0.208 e. The summed E-state index contributed by atoms with van der Waals surface area (Å²) in [4.78, 5) is 0.370. The molecule has 0 spiro atoms. The predicted octanol–water partition coefficient (Wildman–Crippen LogP) is 1.83. The Bertz CT molecular complexity index is 449. The molecule has 0 unspecified atom stereocenters. The fourth-order valence-corrected chi connectivity index (χ4v) is 3.01. The van der Waals surface area contributed by atoms with Gasteiger partial charge in [-0.3, -0.25) is 0 Å². The van der Waals surface area contributed by atoms with Gasteiger partial charge < -0.3 is 0 Å². The van der Waals surface area contributed by atoms with Crippen LogP contribution in [0.2, 0.25) is 0 Å². The lowest BCUT2D eigenvalue weighted by Gasteiger charge is -2.26. The van der Waals surface area contributed by atoms with Gasteiger partial charge in [-0.2, -0.15) is 0 Å². The molecule has 1 fully saturated rings. The predicted molar refractivity (Wildman–Crippen MR) is 59.1 cm³/mol. The molecule has 1 saturated carbocycles. The van der Waals surface area contributed by atoms with E-state index in [-0.39, 0.29) is 6.04 Å². The Labute approximate surface area is 90.6 Å². The molecule has 0 saturated heterocycles. The molecule has 3 nitrogen and oxygen atoms in total. The molecule has 0 bridgehead atoms. The quantitative estimate of drug-likeness (QED) is 0.853. The van der Waals surface area contributed by atoms with Crippen LogP contribution < -0.4 is 4.72 Å². The molecule has 82 valence electrons. The topological polar surface area (TPSA) is 46.2 Å². The van der Waals surface area contributed by atoms with E-state index in [1.807, 2.05) is 13.0 Å². The highest BCUT2D eigenvalue weighted by molar-refractivity contribution is 7.89. The zero-order chi connectivity index (χ0) is 10.9. The molecular weight excluding hydrogens is 210 g/mol. The lowest BCUT2D eigenvalue weighted by Crippen LogP contribution is -2.39. The van der Waals surface area contributed by atoms with Crippen LogP contribution in [0.1, 0.15) is 24.8 Å². The second kappa shape index (κ2) is 3.94. The van der Waals surface area contributed by atoms with Crippen molar-refractivity contribution in [3.8, 4) is 0 Å². The number of rotatable bonds is 3. The zero-order valence-electron chi connectivity index (χ0n) is 8.73. The summed E-state index contributed by atoms with van der Waals surface area (Å²) in [6.07, 6.45) is 3.05. The summed E-state index contributed by atoms with van der Waals surface area (Å²) in [6, 6.07) is 7.14. The van der Waals surface area contributed by atoms with E-state index in [0.29, 0.717) is 4.90 Å². The minimum absolute atomic E-state index is 0.149. The highest BCUT2D eigenvalue weighted by Crippen LogP contribution is 2.21. The Balaban J connectivity index is 2.20. The van der Waals surface area contributed by atoms with E-state index in [1.54, 1.807) is 18.2 Å². The van der Waals surface area contributed by atoms with E-state index < -0.39 is 10.0 Å². The molecule has 4 heteroatoms. The molecule has 1 N–H and O–H groups in total. The molecule has 0 atom stereocenters. The van der Waals surface area contributed by atoms with Crippen LogP contribution in [0.5, 0.6) is 0 Å². The first-order valence-electron chi connectivity index (χ1n) is 5.17. The maximum atomic E-state index is 11.9. The van der Waals surface area contributed by atoms with Crippen molar-refractivity contribution in [3.63, 3.8) is 0 Å². The largest absolute Gasteiger partial charge is 0.240 e. The molecule has 0 radical (unpaired) electrons. The number of aryl methyl sites for hydroxylation is 1. The van der Waals surface area contributed by atoms with Crippen LogP contribution in [0, 0.1) is 6.92 Å². The highest BCUT2D eigenvalue weighted by Gasteiger charge is 2.24. The summed E-state index contributed by atoms with van der Waals surface area (Å²) in [5.41, 5.74) is 0.964. The first-order chi connectivity index (χ1) is 7.08. The maximum Gasteiger partial charge on any atom is 0.240 e. The fraction of sp³-hybridized carbons (Fsp3) is 0.455. The second-order valence-electron chi connectivity index (χ2n) is 4.07. The van der Waals surface area contributed by atoms with Gasteiger partial charge in [-0.05, 0) is 37.5 Å². The Kier molecular flexibility index (Phi) is 2.80. The molecule has 15 heavy (non-hydrogen) atoms. The average Bonchev–Trinajstić information content (AvgIpc) is 2.12. The summed E-state index contributed by atoms with van der Waals surface area (Å²) in [5, 5.41) is 0. The van der Waals surface area contributed by atoms with Crippen molar-refractivity contribution in [2.45, 2.75) is 37.1 Å². The van der Waals surface area contributed by atoms with Crippen LogP contribution in [-0.4, -0.2) is 14.5 Å². The highest BCUT2D eigenvalue weighted by atomic mass is 32.2. The van der Waals surface area contributed by atoms with Gasteiger partial charge in [0.15, 0.2) is 0 Å². The third-order valence-electron chi connectivity index (χ3n) is 2.73. The lowest BCUT2D eigenvalue weighted by atomic mass is 9.94. The van der Waals surface area contributed by atoms with E-state index in [9.17, 15) is 8.42 Å². The third-order valence-corrected chi connectivity index (χ3v) is 4.24. The van der Waals surface area contributed by atoms with Crippen LogP contribution >= 0.6 is 0 Å². The van der Waals surface area contributed by atoms with Gasteiger partial charge in [0.05, 0.1) is 4.90 Å². The van der Waals surface area contributed by atoms with Crippen LogP contribution in [0.4, 0.5) is 0 Å². The molecule has 1 aromatic rings. The first kappa shape index (κ1) is 10.6. The van der Waals surface area contributed by atoms with Crippen molar-refractivity contribution in [2.24, 2.45) is 0 Å². The minimum atomic E-state index is -3.29. The van der Waals surface area contributed by atoms with Crippen LogP contribution in [0.25, 0.3) is 0 Å². The molecule has 1 aromatic carbocycles. The monoisotopic (exact) mass is 225 g/mol. The van der Waals surface area contributed by atoms with Gasteiger partial charge in [0.25, 0.3) is 0 Å². The van der Waals surface area contributed by atoms with Crippen molar-refractivity contribution in [2.75, 3.05) is 0 Å². The van der Waals surface area contributed by atoms with Crippen molar-refractivity contribution in [1.29, 1.82) is 0 Å². The molecular formula is C11H15NO2S. The van der Waals surface area contributed by atoms with Gasteiger partial charge in [-0.1, -0.05) is 18.6 Å². The summed E-state index contributed by atoms with van der Waals surface area (Å²) >= 11 is 0.